The number of carbonyl (C=O) groups excluding carboxylic acids is 1. The maximum atomic E-state index is 12.6. The minimum absolute atomic E-state index is 0.0222. The number of nitrogens with zero attached hydrogens (tertiary/aromatic N) is 4. The van der Waals surface area contributed by atoms with Crippen LogP contribution in [0, 0.1) is 5.92 Å². The number of thioether (sulfide) groups is 1. The number of halogens is 1. The van der Waals surface area contributed by atoms with E-state index in [0.717, 1.165) is 40.3 Å². The lowest BCUT2D eigenvalue weighted by Gasteiger charge is -2.31. The van der Waals surface area contributed by atoms with Crippen molar-refractivity contribution in [2.75, 3.05) is 23.3 Å². The van der Waals surface area contributed by atoms with Crippen molar-refractivity contribution in [2.45, 2.75) is 56.0 Å². The molecule has 150 valence electrons. The van der Waals surface area contributed by atoms with E-state index < -0.39 is 0 Å². The third-order valence-corrected chi connectivity index (χ3v) is 6.97. The number of rotatable bonds is 6. The number of amides is 1. The Morgan fingerprint density at radius 1 is 1.18 bits per heavy atom. The molecule has 1 saturated carbocycles. The molecule has 1 aromatic carbocycles. The second-order valence-electron chi connectivity index (χ2n) is 7.81. The molecule has 2 fully saturated rings. The maximum absolute atomic E-state index is 12.6. The van der Waals surface area contributed by atoms with Crippen molar-refractivity contribution < 1.29 is 4.79 Å². The highest BCUT2D eigenvalue weighted by atomic mass is 79.9. The van der Waals surface area contributed by atoms with Gasteiger partial charge in [0, 0.05) is 29.3 Å². The molecular formula is C20H26BrN5OS. The number of anilines is 2. The fraction of sp³-hybridized carbons (Fsp3) is 0.550. The number of aromatic nitrogens is 3. The summed E-state index contributed by atoms with van der Waals surface area (Å²) in [5.41, 5.74) is 0.799. The summed E-state index contributed by atoms with van der Waals surface area (Å²) >= 11 is 4.91. The van der Waals surface area contributed by atoms with E-state index in [1.807, 2.05) is 31.2 Å². The molecule has 8 heteroatoms. The molecule has 1 aliphatic carbocycles. The van der Waals surface area contributed by atoms with E-state index in [1.54, 1.807) is 0 Å². The van der Waals surface area contributed by atoms with E-state index in [9.17, 15) is 4.79 Å². The largest absolute Gasteiger partial charge is 0.341 e. The summed E-state index contributed by atoms with van der Waals surface area (Å²) in [5, 5.41) is 12.6. The molecule has 0 bridgehead atoms. The lowest BCUT2D eigenvalue weighted by molar-refractivity contribution is -0.115. The SMILES string of the molecule is CC1CCN(c2nnc(SC(C)C(=O)Nc3ccc(Br)cc3)n2C2CC2)CC1. The minimum Gasteiger partial charge on any atom is -0.341 e. The predicted octanol–water partition coefficient (Wildman–Crippen LogP) is 4.73. The van der Waals surface area contributed by atoms with Crippen molar-refractivity contribution in [2.24, 2.45) is 5.92 Å². The van der Waals surface area contributed by atoms with Gasteiger partial charge in [-0.05, 0) is 62.8 Å². The first-order chi connectivity index (χ1) is 13.5. The van der Waals surface area contributed by atoms with E-state index in [1.165, 1.54) is 37.4 Å². The van der Waals surface area contributed by atoms with Gasteiger partial charge >= 0.3 is 0 Å². The first-order valence-electron chi connectivity index (χ1n) is 9.94. The third kappa shape index (κ3) is 4.54. The van der Waals surface area contributed by atoms with E-state index in [4.69, 9.17) is 0 Å². The van der Waals surface area contributed by atoms with Crippen molar-refractivity contribution in [1.82, 2.24) is 14.8 Å². The van der Waals surface area contributed by atoms with Gasteiger partial charge in [0.1, 0.15) is 0 Å². The lowest BCUT2D eigenvalue weighted by atomic mass is 10.00. The highest BCUT2D eigenvalue weighted by Crippen LogP contribution is 2.42. The van der Waals surface area contributed by atoms with Crippen LogP contribution in [-0.2, 0) is 4.79 Å². The van der Waals surface area contributed by atoms with Gasteiger partial charge in [0.05, 0.1) is 5.25 Å². The molecule has 4 rings (SSSR count). The highest BCUT2D eigenvalue weighted by Gasteiger charge is 2.33. The van der Waals surface area contributed by atoms with Gasteiger partial charge in [0.25, 0.3) is 0 Å². The van der Waals surface area contributed by atoms with Gasteiger partial charge < -0.3 is 10.2 Å². The fourth-order valence-electron chi connectivity index (χ4n) is 3.41. The Hall–Kier alpha value is -1.54. The first kappa shape index (κ1) is 19.8. The van der Waals surface area contributed by atoms with E-state index in [2.05, 4.69) is 47.8 Å². The second-order valence-corrected chi connectivity index (χ2v) is 10.0. The predicted molar refractivity (Wildman–Crippen MR) is 117 cm³/mol. The monoisotopic (exact) mass is 463 g/mol. The van der Waals surface area contributed by atoms with Gasteiger partial charge in [0.2, 0.25) is 11.9 Å². The number of hydrogen-bond donors (Lipinski definition) is 1. The van der Waals surface area contributed by atoms with Crippen molar-refractivity contribution >= 4 is 45.2 Å². The summed E-state index contributed by atoms with van der Waals surface area (Å²) in [6.07, 6.45) is 4.74. The van der Waals surface area contributed by atoms with Crippen LogP contribution in [0.1, 0.15) is 45.6 Å². The molecule has 2 heterocycles. The zero-order chi connectivity index (χ0) is 19.7. The van der Waals surface area contributed by atoms with Gasteiger partial charge in [0.15, 0.2) is 5.16 Å². The molecule has 1 N–H and O–H groups in total. The van der Waals surface area contributed by atoms with Gasteiger partial charge in [-0.25, -0.2) is 0 Å². The Bertz CT molecular complexity index is 828. The molecule has 1 amide bonds. The van der Waals surface area contributed by atoms with Crippen LogP contribution in [0.25, 0.3) is 0 Å². The van der Waals surface area contributed by atoms with Crippen molar-refractivity contribution in [3.8, 4) is 0 Å². The average molecular weight is 464 g/mol. The number of carbonyl (C=O) groups is 1. The number of piperidine rings is 1. The van der Waals surface area contributed by atoms with E-state index >= 15 is 0 Å². The van der Waals surface area contributed by atoms with Crippen LogP contribution < -0.4 is 10.2 Å². The lowest BCUT2D eigenvalue weighted by Crippen LogP contribution is -2.34. The van der Waals surface area contributed by atoms with Crippen LogP contribution in [0.5, 0.6) is 0 Å². The topological polar surface area (TPSA) is 63.1 Å². The van der Waals surface area contributed by atoms with Crippen molar-refractivity contribution in [1.29, 1.82) is 0 Å². The molecule has 0 spiro atoms. The molecule has 1 atom stereocenters. The number of hydrogen-bond acceptors (Lipinski definition) is 5. The van der Waals surface area contributed by atoms with Crippen molar-refractivity contribution in [3.63, 3.8) is 0 Å². The molecule has 2 aliphatic rings. The van der Waals surface area contributed by atoms with Gasteiger partial charge in [-0.2, -0.15) is 0 Å². The quantitative estimate of drug-likeness (QED) is 0.627. The summed E-state index contributed by atoms with van der Waals surface area (Å²) in [6, 6.07) is 8.10. The van der Waals surface area contributed by atoms with E-state index in [0.29, 0.717) is 6.04 Å². The summed E-state index contributed by atoms with van der Waals surface area (Å²) < 4.78 is 3.26. The van der Waals surface area contributed by atoms with E-state index in [-0.39, 0.29) is 11.2 Å². The Kier molecular flexibility index (Phi) is 5.96. The minimum atomic E-state index is -0.250. The normalized spacial score (nSPS) is 18.9. The molecule has 28 heavy (non-hydrogen) atoms. The van der Waals surface area contributed by atoms with Gasteiger partial charge in [-0.1, -0.05) is 34.6 Å². The number of nitrogens with one attached hydrogen (secondary N) is 1. The first-order valence-corrected chi connectivity index (χ1v) is 11.6. The van der Waals surface area contributed by atoms with Crippen LogP contribution >= 0.6 is 27.7 Å². The molecule has 1 unspecified atom stereocenters. The van der Waals surface area contributed by atoms with Gasteiger partial charge in [-0.3, -0.25) is 9.36 Å². The summed E-state index contributed by atoms with van der Waals surface area (Å²) in [7, 11) is 0. The zero-order valence-corrected chi connectivity index (χ0v) is 18.7. The Morgan fingerprint density at radius 3 is 2.50 bits per heavy atom. The third-order valence-electron chi connectivity index (χ3n) is 5.39. The van der Waals surface area contributed by atoms with Gasteiger partial charge in [-0.15, -0.1) is 10.2 Å². The summed E-state index contributed by atoms with van der Waals surface area (Å²) in [4.78, 5) is 15.0. The van der Waals surface area contributed by atoms with Crippen LogP contribution in [0.2, 0.25) is 0 Å². The average Bonchev–Trinajstić information content (AvgIpc) is 3.44. The molecule has 2 aromatic rings. The second kappa shape index (κ2) is 8.45. The Balaban J connectivity index is 1.45. The zero-order valence-electron chi connectivity index (χ0n) is 16.3. The maximum Gasteiger partial charge on any atom is 0.237 e. The summed E-state index contributed by atoms with van der Waals surface area (Å²) in [6.45, 7) is 6.32. The fourth-order valence-corrected chi connectivity index (χ4v) is 4.59. The smallest absolute Gasteiger partial charge is 0.237 e. The number of benzene rings is 1. The molecule has 1 saturated heterocycles. The molecular weight excluding hydrogens is 438 g/mol. The summed E-state index contributed by atoms with van der Waals surface area (Å²) in [5.74, 6) is 1.74. The van der Waals surface area contributed by atoms with Crippen LogP contribution in [0.3, 0.4) is 0 Å². The van der Waals surface area contributed by atoms with Crippen LogP contribution in [0.15, 0.2) is 33.9 Å². The molecule has 0 radical (unpaired) electrons. The molecule has 6 nitrogen and oxygen atoms in total. The Morgan fingerprint density at radius 2 is 1.86 bits per heavy atom. The highest BCUT2D eigenvalue weighted by molar-refractivity contribution is 9.10. The molecule has 1 aromatic heterocycles. The van der Waals surface area contributed by atoms with Crippen molar-refractivity contribution in [3.05, 3.63) is 28.7 Å². The standard InChI is InChI=1S/C20H26BrN5OS/c1-13-9-11-25(12-10-13)19-23-24-20(26(19)17-7-8-17)28-14(2)18(27)22-16-5-3-15(21)4-6-16/h3-6,13-14,17H,7-12H2,1-2H3,(H,22,27). The van der Waals surface area contributed by atoms with Crippen LogP contribution in [-0.4, -0.2) is 39.0 Å². The Labute approximate surface area is 178 Å². The molecule has 1 aliphatic heterocycles. The van der Waals surface area contributed by atoms with Crippen LogP contribution in [0.4, 0.5) is 11.6 Å².